The number of hydrogen-bond donors (Lipinski definition) is 1. The van der Waals surface area contributed by atoms with Gasteiger partial charge in [0.2, 0.25) is 0 Å². The molecule has 0 atom stereocenters. The minimum absolute atomic E-state index is 0.0641. The third kappa shape index (κ3) is 2.58. The molecule has 1 saturated heterocycles. The average Bonchev–Trinajstić information content (AvgIpc) is 2.16. The van der Waals surface area contributed by atoms with E-state index in [-0.39, 0.29) is 13.1 Å². The van der Waals surface area contributed by atoms with Crippen molar-refractivity contribution in [2.45, 2.75) is 5.25 Å². The van der Waals surface area contributed by atoms with Gasteiger partial charge in [0.1, 0.15) is 0 Å². The third-order valence-electron chi connectivity index (χ3n) is 1.87. The summed E-state index contributed by atoms with van der Waals surface area (Å²) < 4.78 is 54.5. The van der Waals surface area contributed by atoms with Crippen molar-refractivity contribution in [3.05, 3.63) is 0 Å². The molecule has 9 heteroatoms. The molecule has 1 fully saturated rings. The maximum atomic E-state index is 12.9. The summed E-state index contributed by atoms with van der Waals surface area (Å²) in [7, 11) is -5.68. The number of halogens is 2. The summed E-state index contributed by atoms with van der Waals surface area (Å²) in [5, 5.41) is -4.74. The summed E-state index contributed by atoms with van der Waals surface area (Å²) >= 11 is 1.48. The second-order valence-corrected chi connectivity index (χ2v) is 5.58. The van der Waals surface area contributed by atoms with Crippen LogP contribution >= 0.6 is 11.8 Å². The Balaban J connectivity index is 2.83. The number of carbonyl (C=O) groups excluding carboxylic acids is 1. The molecule has 0 aromatic carbocycles. The second-order valence-electron chi connectivity index (χ2n) is 2.90. The molecule has 0 aromatic rings. The minimum Gasteiger partial charge on any atom is -0.335 e. The van der Waals surface area contributed by atoms with Crippen LogP contribution in [0.25, 0.3) is 0 Å². The van der Waals surface area contributed by atoms with Crippen LogP contribution in [0.4, 0.5) is 8.78 Å². The number of amides is 1. The number of thioether (sulfide) groups is 1. The fraction of sp³-hybridized carbons (Fsp3) is 0.833. The van der Waals surface area contributed by atoms with Gasteiger partial charge in [-0.05, 0) is 0 Å². The van der Waals surface area contributed by atoms with Crippen molar-refractivity contribution in [2.24, 2.45) is 0 Å². The Morgan fingerprint density at radius 3 is 2.20 bits per heavy atom. The summed E-state index contributed by atoms with van der Waals surface area (Å²) in [6, 6.07) is 0. The van der Waals surface area contributed by atoms with E-state index in [1.54, 1.807) is 0 Å². The molecule has 15 heavy (non-hydrogen) atoms. The van der Waals surface area contributed by atoms with Crippen LogP contribution in [0.2, 0.25) is 0 Å². The topological polar surface area (TPSA) is 74.7 Å². The van der Waals surface area contributed by atoms with Crippen molar-refractivity contribution in [2.75, 3.05) is 24.6 Å². The van der Waals surface area contributed by atoms with E-state index in [2.05, 4.69) is 0 Å². The average molecular weight is 261 g/mol. The van der Waals surface area contributed by atoms with Crippen LogP contribution in [-0.4, -0.2) is 53.6 Å². The molecule has 1 N–H and O–H groups in total. The normalized spacial score (nSPS) is 19.0. The van der Waals surface area contributed by atoms with E-state index in [0.717, 1.165) is 4.90 Å². The number of rotatable bonds is 2. The standard InChI is InChI=1S/C6H9F2NO4S2/c7-6(8,15(11,12)13)5(10)9-1-3-14-4-2-9/h1-4H2,(H,11,12,13). The largest absolute Gasteiger partial charge is 0.446 e. The molecule has 1 rings (SSSR count). The van der Waals surface area contributed by atoms with E-state index in [1.165, 1.54) is 11.8 Å². The van der Waals surface area contributed by atoms with Crippen LogP contribution in [0.5, 0.6) is 0 Å². The van der Waals surface area contributed by atoms with E-state index < -0.39 is 21.3 Å². The van der Waals surface area contributed by atoms with E-state index in [1.807, 2.05) is 0 Å². The molecule has 1 heterocycles. The van der Waals surface area contributed by atoms with Gasteiger partial charge in [0, 0.05) is 24.6 Å². The summed E-state index contributed by atoms with van der Waals surface area (Å²) in [6.07, 6.45) is 0. The van der Waals surface area contributed by atoms with Crippen molar-refractivity contribution in [3.63, 3.8) is 0 Å². The number of nitrogens with zero attached hydrogens (tertiary/aromatic N) is 1. The van der Waals surface area contributed by atoms with Crippen LogP contribution in [0.3, 0.4) is 0 Å². The first kappa shape index (κ1) is 12.7. The molecule has 0 saturated carbocycles. The van der Waals surface area contributed by atoms with Crippen molar-refractivity contribution < 1.29 is 26.5 Å². The molecular formula is C6H9F2NO4S2. The lowest BCUT2D eigenvalue weighted by molar-refractivity contribution is -0.147. The first-order chi connectivity index (χ1) is 6.77. The highest BCUT2D eigenvalue weighted by Crippen LogP contribution is 2.24. The number of hydrogen-bond acceptors (Lipinski definition) is 4. The highest BCUT2D eigenvalue weighted by molar-refractivity contribution is 7.99. The van der Waals surface area contributed by atoms with Gasteiger partial charge >= 0.3 is 21.3 Å². The third-order valence-corrected chi connectivity index (χ3v) is 3.64. The number of carbonyl (C=O) groups is 1. The quantitative estimate of drug-likeness (QED) is 0.710. The second kappa shape index (κ2) is 4.22. The molecule has 1 aliphatic heterocycles. The molecular weight excluding hydrogens is 252 g/mol. The first-order valence-corrected chi connectivity index (χ1v) is 6.58. The lowest BCUT2D eigenvalue weighted by atomic mass is 10.4. The zero-order chi connectivity index (χ0) is 11.7. The lowest BCUT2D eigenvalue weighted by Gasteiger charge is -2.28. The van der Waals surface area contributed by atoms with Gasteiger partial charge in [0.05, 0.1) is 0 Å². The minimum atomic E-state index is -5.68. The van der Waals surface area contributed by atoms with Crippen LogP contribution in [0.15, 0.2) is 0 Å². The Labute approximate surface area is 89.6 Å². The van der Waals surface area contributed by atoms with Gasteiger partial charge in [-0.3, -0.25) is 9.35 Å². The van der Waals surface area contributed by atoms with Crippen LogP contribution in [-0.2, 0) is 14.9 Å². The number of alkyl halides is 2. The summed E-state index contributed by atoms with van der Waals surface area (Å²) in [5.41, 5.74) is 0. The van der Waals surface area contributed by atoms with Crippen molar-refractivity contribution in [1.29, 1.82) is 0 Å². The summed E-state index contributed by atoms with van der Waals surface area (Å²) in [6.45, 7) is 0.128. The Bertz CT molecular complexity index is 350. The molecule has 0 spiro atoms. The molecule has 0 aromatic heterocycles. The highest BCUT2D eigenvalue weighted by Gasteiger charge is 2.54. The van der Waals surface area contributed by atoms with Gasteiger partial charge in [0.25, 0.3) is 0 Å². The first-order valence-electron chi connectivity index (χ1n) is 3.99. The predicted octanol–water partition coefficient (Wildman–Crippen LogP) is 0.0424. The monoisotopic (exact) mass is 261 g/mol. The van der Waals surface area contributed by atoms with Crippen LogP contribution in [0.1, 0.15) is 0 Å². The summed E-state index contributed by atoms with van der Waals surface area (Å²) in [4.78, 5) is 11.8. The van der Waals surface area contributed by atoms with E-state index >= 15 is 0 Å². The van der Waals surface area contributed by atoms with Gasteiger partial charge < -0.3 is 4.90 Å². The maximum Gasteiger partial charge on any atom is 0.446 e. The predicted molar refractivity (Wildman–Crippen MR) is 50.4 cm³/mol. The van der Waals surface area contributed by atoms with E-state index in [0.29, 0.717) is 11.5 Å². The van der Waals surface area contributed by atoms with Gasteiger partial charge in [0.15, 0.2) is 0 Å². The van der Waals surface area contributed by atoms with Crippen molar-refractivity contribution in [3.8, 4) is 0 Å². The molecule has 0 radical (unpaired) electrons. The zero-order valence-corrected chi connectivity index (χ0v) is 9.15. The zero-order valence-electron chi connectivity index (χ0n) is 7.52. The molecule has 88 valence electrons. The SMILES string of the molecule is O=C(N1CCSCC1)C(F)(F)S(=O)(=O)O. The molecule has 0 aliphatic carbocycles. The molecule has 0 bridgehead atoms. The molecule has 1 aliphatic rings. The fourth-order valence-corrected chi connectivity index (χ4v) is 2.31. The van der Waals surface area contributed by atoms with E-state index in [9.17, 15) is 22.0 Å². The lowest BCUT2D eigenvalue weighted by Crippen LogP contribution is -2.50. The van der Waals surface area contributed by atoms with Crippen molar-refractivity contribution >= 4 is 27.8 Å². The Hall–Kier alpha value is -0.410. The Kier molecular flexibility index (Phi) is 3.56. The molecule has 5 nitrogen and oxygen atoms in total. The smallest absolute Gasteiger partial charge is 0.335 e. The van der Waals surface area contributed by atoms with Crippen molar-refractivity contribution in [1.82, 2.24) is 4.90 Å². The fourth-order valence-electron chi connectivity index (χ4n) is 1.06. The highest BCUT2D eigenvalue weighted by atomic mass is 32.2. The van der Waals surface area contributed by atoms with Gasteiger partial charge in [-0.15, -0.1) is 0 Å². The van der Waals surface area contributed by atoms with Gasteiger partial charge in [-0.25, -0.2) is 0 Å². The van der Waals surface area contributed by atoms with Gasteiger partial charge in [-0.1, -0.05) is 0 Å². The van der Waals surface area contributed by atoms with Gasteiger partial charge in [-0.2, -0.15) is 29.0 Å². The van der Waals surface area contributed by atoms with E-state index in [4.69, 9.17) is 4.55 Å². The Morgan fingerprint density at radius 1 is 1.33 bits per heavy atom. The molecule has 0 unspecified atom stereocenters. The van der Waals surface area contributed by atoms with Crippen LogP contribution in [0, 0.1) is 0 Å². The summed E-state index contributed by atoms with van der Waals surface area (Å²) in [5.74, 6) is -0.897. The molecule has 1 amide bonds. The van der Waals surface area contributed by atoms with Crippen LogP contribution < -0.4 is 0 Å². The maximum absolute atomic E-state index is 12.9. The Morgan fingerprint density at radius 2 is 1.80 bits per heavy atom.